The van der Waals surface area contributed by atoms with E-state index in [0.29, 0.717) is 6.54 Å². The summed E-state index contributed by atoms with van der Waals surface area (Å²) in [6, 6.07) is 2.10. The predicted octanol–water partition coefficient (Wildman–Crippen LogP) is 1.35. The van der Waals surface area contributed by atoms with Crippen molar-refractivity contribution in [3.63, 3.8) is 0 Å². The molecule has 0 aromatic rings. The maximum Gasteiger partial charge on any atom is 0.407 e. The van der Waals surface area contributed by atoms with Gasteiger partial charge in [-0.2, -0.15) is 5.26 Å². The fourth-order valence-corrected chi connectivity index (χ4v) is 1.87. The number of nitrogens with zero attached hydrogens (tertiary/aromatic N) is 2. The van der Waals surface area contributed by atoms with Gasteiger partial charge in [0.15, 0.2) is 0 Å². The van der Waals surface area contributed by atoms with Crippen molar-refractivity contribution in [2.75, 3.05) is 20.1 Å². The molecule has 17 heavy (non-hydrogen) atoms. The molecule has 5 nitrogen and oxygen atoms in total. The van der Waals surface area contributed by atoms with Crippen LogP contribution in [0.25, 0.3) is 0 Å². The number of hydrogen-bond donors (Lipinski definition) is 1. The van der Waals surface area contributed by atoms with Crippen LogP contribution < -0.4 is 5.32 Å². The third kappa shape index (κ3) is 4.61. The second-order valence-corrected chi connectivity index (χ2v) is 5.54. The summed E-state index contributed by atoms with van der Waals surface area (Å²) in [4.78, 5) is 13.7. The van der Waals surface area contributed by atoms with Crippen LogP contribution in [0.3, 0.4) is 0 Å². The number of nitriles is 1. The van der Waals surface area contributed by atoms with Gasteiger partial charge in [0.2, 0.25) is 0 Å². The van der Waals surface area contributed by atoms with Gasteiger partial charge in [0.25, 0.3) is 0 Å². The Bertz CT molecular complexity index is 317. The van der Waals surface area contributed by atoms with Crippen LogP contribution in [-0.4, -0.2) is 42.8 Å². The highest BCUT2D eigenvalue weighted by Crippen LogP contribution is 2.16. The minimum absolute atomic E-state index is 0.126. The number of carbonyl (C=O) groups is 1. The van der Waals surface area contributed by atoms with Crippen LogP contribution in [0.4, 0.5) is 4.79 Å². The molecule has 5 heteroatoms. The minimum atomic E-state index is -0.507. The number of carbonyl (C=O) groups excluding carboxylic acids is 1. The van der Waals surface area contributed by atoms with Crippen molar-refractivity contribution >= 4 is 6.09 Å². The summed E-state index contributed by atoms with van der Waals surface area (Å²) in [5.74, 6) is -0.126. The van der Waals surface area contributed by atoms with Gasteiger partial charge in [0.1, 0.15) is 5.60 Å². The second-order valence-electron chi connectivity index (χ2n) is 5.54. The molecule has 1 saturated heterocycles. The SMILES string of the molecule is CN1CCC(C#N)C(NC(=O)OC(C)(C)C)C1. The number of likely N-dealkylation sites (tertiary alicyclic amines) is 1. The third-order valence-corrected chi connectivity index (χ3v) is 2.68. The van der Waals surface area contributed by atoms with Gasteiger partial charge in [-0.1, -0.05) is 0 Å². The van der Waals surface area contributed by atoms with Crippen molar-refractivity contribution in [2.45, 2.75) is 38.8 Å². The van der Waals surface area contributed by atoms with Crippen LogP contribution in [0.5, 0.6) is 0 Å². The van der Waals surface area contributed by atoms with E-state index in [9.17, 15) is 4.79 Å². The zero-order valence-corrected chi connectivity index (χ0v) is 11.0. The zero-order valence-electron chi connectivity index (χ0n) is 11.0. The van der Waals surface area contributed by atoms with Gasteiger partial charge in [0.05, 0.1) is 18.0 Å². The lowest BCUT2D eigenvalue weighted by Crippen LogP contribution is -2.52. The molecule has 1 amide bonds. The zero-order chi connectivity index (χ0) is 13.1. The molecular formula is C12H21N3O2. The van der Waals surface area contributed by atoms with Crippen LogP contribution in [0.15, 0.2) is 0 Å². The topological polar surface area (TPSA) is 65.4 Å². The molecule has 1 N–H and O–H groups in total. The predicted molar refractivity (Wildman–Crippen MR) is 64.4 cm³/mol. The van der Waals surface area contributed by atoms with Gasteiger partial charge in [-0.15, -0.1) is 0 Å². The van der Waals surface area contributed by atoms with E-state index in [1.54, 1.807) is 0 Å². The molecule has 2 atom stereocenters. The van der Waals surface area contributed by atoms with Gasteiger partial charge in [-0.25, -0.2) is 4.79 Å². The Labute approximate surface area is 103 Å². The molecule has 1 fully saturated rings. The Hall–Kier alpha value is -1.28. The quantitative estimate of drug-likeness (QED) is 0.750. The molecule has 0 radical (unpaired) electrons. The first-order valence-electron chi connectivity index (χ1n) is 5.89. The molecule has 0 aromatic carbocycles. The number of rotatable bonds is 1. The molecule has 1 rings (SSSR count). The van der Waals surface area contributed by atoms with Crippen molar-refractivity contribution in [3.05, 3.63) is 0 Å². The average molecular weight is 239 g/mol. The summed E-state index contributed by atoms with van der Waals surface area (Å²) in [7, 11) is 1.98. The van der Waals surface area contributed by atoms with Gasteiger partial charge in [0, 0.05) is 6.54 Å². The number of ether oxygens (including phenoxy) is 1. The van der Waals surface area contributed by atoms with E-state index >= 15 is 0 Å². The lowest BCUT2D eigenvalue weighted by molar-refractivity contribution is 0.0461. The molecule has 96 valence electrons. The Morgan fingerprint density at radius 1 is 1.53 bits per heavy atom. The lowest BCUT2D eigenvalue weighted by Gasteiger charge is -2.34. The molecule has 0 bridgehead atoms. The minimum Gasteiger partial charge on any atom is -0.444 e. The van der Waals surface area contributed by atoms with Crippen molar-refractivity contribution < 1.29 is 9.53 Å². The normalized spacial score (nSPS) is 26.1. The summed E-state index contributed by atoms with van der Waals surface area (Å²) in [5, 5.41) is 11.8. The maximum atomic E-state index is 11.6. The molecule has 2 unspecified atom stereocenters. The molecule has 1 aliphatic rings. The molecular weight excluding hydrogens is 218 g/mol. The van der Waals surface area contributed by atoms with E-state index in [1.807, 2.05) is 27.8 Å². The molecule has 0 spiro atoms. The summed E-state index contributed by atoms with van der Waals surface area (Å²) >= 11 is 0. The summed E-state index contributed by atoms with van der Waals surface area (Å²) in [5.41, 5.74) is -0.507. The first-order valence-corrected chi connectivity index (χ1v) is 5.89. The highest BCUT2D eigenvalue weighted by atomic mass is 16.6. The van der Waals surface area contributed by atoms with E-state index in [4.69, 9.17) is 10.00 Å². The standard InChI is InChI=1S/C12H21N3O2/c1-12(2,3)17-11(16)14-10-8-15(4)6-5-9(10)7-13/h9-10H,5-6,8H2,1-4H3,(H,14,16). The Morgan fingerprint density at radius 3 is 2.71 bits per heavy atom. The first-order chi connectivity index (χ1) is 7.81. The smallest absolute Gasteiger partial charge is 0.407 e. The van der Waals surface area contributed by atoms with Gasteiger partial charge in [-0.05, 0) is 40.8 Å². The fraction of sp³-hybridized carbons (Fsp3) is 0.833. The summed E-state index contributed by atoms with van der Waals surface area (Å²) < 4.78 is 5.19. The van der Waals surface area contributed by atoms with E-state index in [1.165, 1.54) is 0 Å². The second kappa shape index (κ2) is 5.37. The van der Waals surface area contributed by atoms with E-state index < -0.39 is 11.7 Å². The van der Waals surface area contributed by atoms with Crippen molar-refractivity contribution in [3.8, 4) is 6.07 Å². The molecule has 0 aliphatic carbocycles. The lowest BCUT2D eigenvalue weighted by atomic mass is 9.93. The van der Waals surface area contributed by atoms with Crippen LogP contribution in [0.2, 0.25) is 0 Å². The van der Waals surface area contributed by atoms with Gasteiger partial charge < -0.3 is 15.0 Å². The highest BCUT2D eigenvalue weighted by molar-refractivity contribution is 5.68. The molecule has 1 aliphatic heterocycles. The van der Waals surface area contributed by atoms with Crippen LogP contribution >= 0.6 is 0 Å². The molecule has 1 heterocycles. The number of amides is 1. The summed E-state index contributed by atoms with van der Waals surface area (Å²) in [6.45, 7) is 7.05. The van der Waals surface area contributed by atoms with Gasteiger partial charge >= 0.3 is 6.09 Å². The van der Waals surface area contributed by atoms with Crippen molar-refractivity contribution in [1.29, 1.82) is 5.26 Å². The summed E-state index contributed by atoms with van der Waals surface area (Å²) in [6.07, 6.45) is 0.339. The number of piperidine rings is 1. The highest BCUT2D eigenvalue weighted by Gasteiger charge is 2.30. The van der Waals surface area contributed by atoms with Crippen LogP contribution in [-0.2, 0) is 4.74 Å². The number of likely N-dealkylation sites (N-methyl/N-ethyl adjacent to an activating group) is 1. The van der Waals surface area contributed by atoms with Crippen molar-refractivity contribution in [1.82, 2.24) is 10.2 Å². The van der Waals surface area contributed by atoms with E-state index in [-0.39, 0.29) is 12.0 Å². The Morgan fingerprint density at radius 2 is 2.18 bits per heavy atom. The number of alkyl carbamates (subject to hydrolysis) is 1. The van der Waals surface area contributed by atoms with E-state index in [0.717, 1.165) is 13.0 Å². The molecule has 0 aromatic heterocycles. The Balaban J connectivity index is 2.53. The van der Waals surface area contributed by atoms with Crippen LogP contribution in [0, 0.1) is 17.2 Å². The van der Waals surface area contributed by atoms with E-state index in [2.05, 4.69) is 16.3 Å². The van der Waals surface area contributed by atoms with Crippen molar-refractivity contribution in [2.24, 2.45) is 5.92 Å². The Kier molecular flexibility index (Phi) is 4.35. The largest absolute Gasteiger partial charge is 0.444 e. The average Bonchev–Trinajstić information content (AvgIpc) is 2.14. The first kappa shape index (κ1) is 13.8. The van der Waals surface area contributed by atoms with Crippen LogP contribution in [0.1, 0.15) is 27.2 Å². The molecule has 0 saturated carbocycles. The fourth-order valence-electron chi connectivity index (χ4n) is 1.87. The number of nitrogens with one attached hydrogen (secondary N) is 1. The number of hydrogen-bond acceptors (Lipinski definition) is 4. The van der Waals surface area contributed by atoms with Gasteiger partial charge in [-0.3, -0.25) is 0 Å². The maximum absolute atomic E-state index is 11.6. The monoisotopic (exact) mass is 239 g/mol. The third-order valence-electron chi connectivity index (χ3n) is 2.68.